The van der Waals surface area contributed by atoms with Crippen LogP contribution < -0.4 is 0 Å². The molecule has 0 aliphatic rings. The van der Waals surface area contributed by atoms with Crippen LogP contribution in [0.15, 0.2) is 24.4 Å². The smallest absolute Gasteiger partial charge is 0.358 e. The number of hydrogen-bond donors (Lipinski definition) is 0. The summed E-state index contributed by atoms with van der Waals surface area (Å²) in [6.45, 7) is 1.83. The van der Waals surface area contributed by atoms with E-state index in [1.54, 1.807) is 29.1 Å². The van der Waals surface area contributed by atoms with Gasteiger partial charge in [-0.25, -0.2) is 9.48 Å². The molecular formula is C10H10N4O2. The van der Waals surface area contributed by atoms with E-state index < -0.39 is 5.97 Å². The van der Waals surface area contributed by atoms with E-state index in [1.165, 1.54) is 7.11 Å². The first-order valence-electron chi connectivity index (χ1n) is 4.65. The zero-order chi connectivity index (χ0) is 11.5. The maximum atomic E-state index is 11.3. The monoisotopic (exact) mass is 218 g/mol. The van der Waals surface area contributed by atoms with Crippen molar-refractivity contribution in [2.45, 2.75) is 6.92 Å². The second kappa shape index (κ2) is 4.09. The van der Waals surface area contributed by atoms with Gasteiger partial charge < -0.3 is 4.74 Å². The first-order valence-corrected chi connectivity index (χ1v) is 4.65. The van der Waals surface area contributed by atoms with Crippen LogP contribution in [0.4, 0.5) is 0 Å². The van der Waals surface area contributed by atoms with Gasteiger partial charge in [-0.05, 0) is 25.1 Å². The summed E-state index contributed by atoms with van der Waals surface area (Å²) < 4.78 is 6.13. The van der Waals surface area contributed by atoms with Crippen LogP contribution >= 0.6 is 0 Å². The Labute approximate surface area is 91.9 Å². The molecule has 0 atom stereocenters. The normalized spacial score (nSPS) is 10.1. The zero-order valence-electron chi connectivity index (χ0n) is 8.91. The molecule has 2 rings (SSSR count). The lowest BCUT2D eigenvalue weighted by Gasteiger charge is -2.00. The maximum absolute atomic E-state index is 11.3. The van der Waals surface area contributed by atoms with Crippen molar-refractivity contribution in [2.24, 2.45) is 0 Å². The zero-order valence-corrected chi connectivity index (χ0v) is 8.91. The number of ether oxygens (including phenoxy) is 1. The fraction of sp³-hybridized carbons (Fsp3) is 0.200. The van der Waals surface area contributed by atoms with Gasteiger partial charge in [-0.2, -0.15) is 10.2 Å². The fourth-order valence-electron chi connectivity index (χ4n) is 1.32. The van der Waals surface area contributed by atoms with E-state index in [1.807, 2.05) is 6.92 Å². The molecule has 0 bridgehead atoms. The number of rotatable bonds is 2. The lowest BCUT2D eigenvalue weighted by Crippen LogP contribution is -2.06. The molecule has 0 radical (unpaired) electrons. The second-order valence-corrected chi connectivity index (χ2v) is 3.16. The van der Waals surface area contributed by atoms with Crippen molar-refractivity contribution in [3.05, 3.63) is 35.8 Å². The molecule has 0 aliphatic carbocycles. The Morgan fingerprint density at radius 2 is 2.31 bits per heavy atom. The molecule has 6 heteroatoms. The third-order valence-electron chi connectivity index (χ3n) is 2.06. The fourth-order valence-corrected chi connectivity index (χ4v) is 1.32. The summed E-state index contributed by atoms with van der Waals surface area (Å²) in [6, 6.07) is 5.15. The van der Waals surface area contributed by atoms with Crippen LogP contribution in [-0.4, -0.2) is 33.1 Å². The highest BCUT2D eigenvalue weighted by Crippen LogP contribution is 2.09. The van der Waals surface area contributed by atoms with Crippen molar-refractivity contribution in [3.63, 3.8) is 0 Å². The Balaban J connectivity index is 2.44. The van der Waals surface area contributed by atoms with Gasteiger partial charge >= 0.3 is 5.97 Å². The van der Waals surface area contributed by atoms with Gasteiger partial charge in [0, 0.05) is 11.9 Å². The molecule has 0 unspecified atom stereocenters. The van der Waals surface area contributed by atoms with Crippen LogP contribution in [-0.2, 0) is 4.74 Å². The largest absolute Gasteiger partial charge is 0.464 e. The van der Waals surface area contributed by atoms with E-state index in [-0.39, 0.29) is 5.69 Å². The maximum Gasteiger partial charge on any atom is 0.358 e. The molecule has 82 valence electrons. The van der Waals surface area contributed by atoms with Gasteiger partial charge in [0.25, 0.3) is 0 Å². The molecule has 0 saturated carbocycles. The third-order valence-corrected chi connectivity index (χ3v) is 2.06. The van der Waals surface area contributed by atoms with Crippen molar-refractivity contribution in [1.82, 2.24) is 20.0 Å². The highest BCUT2D eigenvalue weighted by Gasteiger charge is 2.13. The lowest BCUT2D eigenvalue weighted by molar-refractivity contribution is 0.0593. The van der Waals surface area contributed by atoms with Gasteiger partial charge in [0.15, 0.2) is 11.5 Å². The summed E-state index contributed by atoms with van der Waals surface area (Å²) in [5.74, 6) is 0.0980. The van der Waals surface area contributed by atoms with Crippen molar-refractivity contribution < 1.29 is 9.53 Å². The number of methoxy groups -OCH3 is 1. The molecule has 16 heavy (non-hydrogen) atoms. The van der Waals surface area contributed by atoms with Crippen LogP contribution in [0.25, 0.3) is 5.82 Å². The first-order chi connectivity index (χ1) is 7.72. The highest BCUT2D eigenvalue weighted by atomic mass is 16.5. The molecule has 2 aromatic heterocycles. The van der Waals surface area contributed by atoms with Gasteiger partial charge in [0.2, 0.25) is 0 Å². The van der Waals surface area contributed by atoms with Crippen molar-refractivity contribution >= 4 is 5.97 Å². The van der Waals surface area contributed by atoms with E-state index in [0.29, 0.717) is 5.82 Å². The predicted octanol–water partition coefficient (Wildman–Crippen LogP) is 0.757. The molecule has 2 aromatic rings. The Morgan fingerprint density at radius 1 is 1.50 bits per heavy atom. The molecule has 0 fully saturated rings. The van der Waals surface area contributed by atoms with Crippen LogP contribution in [0.1, 0.15) is 16.2 Å². The summed E-state index contributed by atoms with van der Waals surface area (Å²) in [5, 5.41) is 11.7. The summed E-state index contributed by atoms with van der Waals surface area (Å²) in [6.07, 6.45) is 1.57. The molecule has 0 spiro atoms. The number of carbonyl (C=O) groups is 1. The molecular weight excluding hydrogens is 208 g/mol. The van der Waals surface area contributed by atoms with E-state index in [0.717, 1.165) is 5.69 Å². The molecule has 0 N–H and O–H groups in total. The Bertz CT molecular complexity index is 507. The standard InChI is InChI=1S/C10H10N4O2/c1-7-6-8(10(15)16-2)13-14(7)9-4-3-5-11-12-9/h3-6H,1-2H3. The Hall–Kier alpha value is -2.24. The topological polar surface area (TPSA) is 69.9 Å². The number of nitrogens with zero attached hydrogens (tertiary/aromatic N) is 4. The highest BCUT2D eigenvalue weighted by molar-refractivity contribution is 5.87. The minimum atomic E-state index is -0.467. The average molecular weight is 218 g/mol. The van der Waals surface area contributed by atoms with Crippen molar-refractivity contribution in [3.8, 4) is 5.82 Å². The molecule has 6 nitrogen and oxygen atoms in total. The number of aromatic nitrogens is 4. The average Bonchev–Trinajstić information content (AvgIpc) is 2.71. The molecule has 0 aromatic carbocycles. The lowest BCUT2D eigenvalue weighted by atomic mass is 10.4. The van der Waals surface area contributed by atoms with Crippen molar-refractivity contribution in [2.75, 3.05) is 7.11 Å². The van der Waals surface area contributed by atoms with Gasteiger partial charge in [-0.1, -0.05) is 0 Å². The molecule has 0 amide bonds. The number of hydrogen-bond acceptors (Lipinski definition) is 5. The van der Waals surface area contributed by atoms with E-state index in [9.17, 15) is 4.79 Å². The number of aryl methyl sites for hydroxylation is 1. The Kier molecular flexibility index (Phi) is 2.63. The molecule has 0 saturated heterocycles. The van der Waals surface area contributed by atoms with Gasteiger partial charge in [-0.3, -0.25) is 0 Å². The minimum Gasteiger partial charge on any atom is -0.464 e. The van der Waals surface area contributed by atoms with Crippen molar-refractivity contribution in [1.29, 1.82) is 0 Å². The van der Waals surface area contributed by atoms with E-state index in [4.69, 9.17) is 0 Å². The van der Waals surface area contributed by atoms with E-state index in [2.05, 4.69) is 20.0 Å². The molecule has 2 heterocycles. The first kappa shape index (κ1) is 10.3. The van der Waals surface area contributed by atoms with E-state index >= 15 is 0 Å². The quantitative estimate of drug-likeness (QED) is 0.696. The number of carbonyl (C=O) groups excluding carboxylic acids is 1. The SMILES string of the molecule is COC(=O)c1cc(C)n(-c2cccnn2)n1. The second-order valence-electron chi connectivity index (χ2n) is 3.16. The summed E-state index contributed by atoms with van der Waals surface area (Å²) in [4.78, 5) is 11.3. The molecule has 0 aliphatic heterocycles. The van der Waals surface area contributed by atoms with Gasteiger partial charge in [0.05, 0.1) is 7.11 Å². The van der Waals surface area contributed by atoms with Crippen LogP contribution in [0.3, 0.4) is 0 Å². The number of esters is 1. The van der Waals surface area contributed by atoms with Crippen LogP contribution in [0, 0.1) is 6.92 Å². The van der Waals surface area contributed by atoms with Crippen LogP contribution in [0.2, 0.25) is 0 Å². The van der Waals surface area contributed by atoms with Crippen LogP contribution in [0.5, 0.6) is 0 Å². The summed E-state index contributed by atoms with van der Waals surface area (Å²) >= 11 is 0. The predicted molar refractivity (Wildman–Crippen MR) is 55.2 cm³/mol. The third kappa shape index (κ3) is 1.77. The Morgan fingerprint density at radius 3 is 2.94 bits per heavy atom. The summed E-state index contributed by atoms with van der Waals surface area (Å²) in [7, 11) is 1.32. The van der Waals surface area contributed by atoms with Gasteiger partial charge in [0.1, 0.15) is 0 Å². The van der Waals surface area contributed by atoms with Gasteiger partial charge in [-0.15, -0.1) is 5.10 Å². The minimum absolute atomic E-state index is 0.255. The summed E-state index contributed by atoms with van der Waals surface area (Å²) in [5.41, 5.74) is 1.05.